The number of aliphatic hydroxyl groups excluding tert-OH is 1. The first-order valence-corrected chi connectivity index (χ1v) is 4.83. The molecule has 0 bridgehead atoms. The van der Waals surface area contributed by atoms with Gasteiger partial charge in [-0.05, 0) is 38.3 Å². The van der Waals surface area contributed by atoms with Crippen molar-refractivity contribution in [1.82, 2.24) is 5.32 Å². The Bertz CT molecular complexity index is 103. The van der Waals surface area contributed by atoms with Gasteiger partial charge in [0.15, 0.2) is 0 Å². The summed E-state index contributed by atoms with van der Waals surface area (Å²) in [4.78, 5) is 0. The molecule has 1 saturated heterocycles. The molecule has 72 valence electrons. The molecule has 1 atom stereocenters. The van der Waals surface area contributed by atoms with Gasteiger partial charge in [0.1, 0.15) is 0 Å². The molecule has 0 aromatic heterocycles. The first-order valence-electron chi connectivity index (χ1n) is 4.83. The third-order valence-corrected chi connectivity index (χ3v) is 2.27. The van der Waals surface area contributed by atoms with Gasteiger partial charge in [0.05, 0.1) is 0 Å². The summed E-state index contributed by atoms with van der Waals surface area (Å²) in [6.45, 7) is 4.18. The van der Waals surface area contributed by atoms with Crippen LogP contribution in [-0.2, 0) is 4.74 Å². The normalized spacial score (nSPS) is 23.2. The zero-order valence-electron chi connectivity index (χ0n) is 7.59. The SMILES string of the molecule is OCCCNCCC1CCOC1. The summed E-state index contributed by atoms with van der Waals surface area (Å²) < 4.78 is 5.27. The fourth-order valence-corrected chi connectivity index (χ4v) is 1.45. The molecule has 0 aromatic carbocycles. The number of nitrogens with one attached hydrogen (secondary N) is 1. The van der Waals surface area contributed by atoms with Crippen LogP contribution in [0.15, 0.2) is 0 Å². The smallest absolute Gasteiger partial charge is 0.0495 e. The molecule has 3 nitrogen and oxygen atoms in total. The molecule has 3 heteroatoms. The molecule has 1 aliphatic heterocycles. The van der Waals surface area contributed by atoms with Crippen LogP contribution in [0.5, 0.6) is 0 Å². The van der Waals surface area contributed by atoms with Crippen molar-refractivity contribution >= 4 is 0 Å². The van der Waals surface area contributed by atoms with E-state index in [0.717, 1.165) is 38.6 Å². The summed E-state index contributed by atoms with van der Waals surface area (Å²) in [7, 11) is 0. The maximum Gasteiger partial charge on any atom is 0.0495 e. The van der Waals surface area contributed by atoms with E-state index in [1.54, 1.807) is 0 Å². The van der Waals surface area contributed by atoms with Crippen LogP contribution in [0.3, 0.4) is 0 Å². The Labute approximate surface area is 74.1 Å². The van der Waals surface area contributed by atoms with Gasteiger partial charge < -0.3 is 15.2 Å². The highest BCUT2D eigenvalue weighted by Crippen LogP contribution is 2.14. The van der Waals surface area contributed by atoms with E-state index in [2.05, 4.69) is 5.32 Å². The lowest BCUT2D eigenvalue weighted by atomic mass is 10.1. The van der Waals surface area contributed by atoms with Crippen molar-refractivity contribution in [3.05, 3.63) is 0 Å². The Balaban J connectivity index is 1.81. The van der Waals surface area contributed by atoms with Crippen molar-refractivity contribution in [2.24, 2.45) is 5.92 Å². The first-order chi connectivity index (χ1) is 5.93. The average molecular weight is 173 g/mol. The summed E-state index contributed by atoms with van der Waals surface area (Å²) >= 11 is 0. The number of hydrogen-bond acceptors (Lipinski definition) is 3. The summed E-state index contributed by atoms with van der Waals surface area (Å²) in [6.07, 6.45) is 3.30. The Kier molecular flexibility index (Phi) is 5.32. The van der Waals surface area contributed by atoms with E-state index < -0.39 is 0 Å². The zero-order chi connectivity index (χ0) is 8.65. The Morgan fingerprint density at radius 3 is 3.00 bits per heavy atom. The molecule has 1 rings (SSSR count). The third-order valence-electron chi connectivity index (χ3n) is 2.27. The number of hydrogen-bond donors (Lipinski definition) is 2. The molecular formula is C9H19NO2. The van der Waals surface area contributed by atoms with E-state index >= 15 is 0 Å². The van der Waals surface area contributed by atoms with Gasteiger partial charge in [0.25, 0.3) is 0 Å². The quantitative estimate of drug-likeness (QED) is 0.571. The maximum absolute atomic E-state index is 8.52. The predicted molar refractivity (Wildman–Crippen MR) is 48.1 cm³/mol. The molecule has 0 saturated carbocycles. The first kappa shape index (κ1) is 9.96. The summed E-state index contributed by atoms with van der Waals surface area (Å²) in [6, 6.07) is 0. The Morgan fingerprint density at radius 1 is 1.42 bits per heavy atom. The second-order valence-electron chi connectivity index (χ2n) is 3.35. The Morgan fingerprint density at radius 2 is 2.33 bits per heavy atom. The van der Waals surface area contributed by atoms with Gasteiger partial charge in [-0.2, -0.15) is 0 Å². The van der Waals surface area contributed by atoms with Crippen LogP contribution in [0.2, 0.25) is 0 Å². The van der Waals surface area contributed by atoms with Crippen molar-refractivity contribution < 1.29 is 9.84 Å². The highest BCUT2D eigenvalue weighted by molar-refractivity contribution is 4.65. The standard InChI is InChI=1S/C9H19NO2/c11-6-1-4-10-5-2-9-3-7-12-8-9/h9-11H,1-8H2. The van der Waals surface area contributed by atoms with Gasteiger partial charge >= 0.3 is 0 Å². The molecule has 0 aliphatic carbocycles. The van der Waals surface area contributed by atoms with Crippen molar-refractivity contribution in [2.75, 3.05) is 32.9 Å². The second kappa shape index (κ2) is 6.40. The lowest BCUT2D eigenvalue weighted by Crippen LogP contribution is -2.20. The van der Waals surface area contributed by atoms with Crippen molar-refractivity contribution in [1.29, 1.82) is 0 Å². The number of aliphatic hydroxyl groups is 1. The lowest BCUT2D eigenvalue weighted by molar-refractivity contribution is 0.184. The van der Waals surface area contributed by atoms with Crippen molar-refractivity contribution in [2.45, 2.75) is 19.3 Å². The van der Waals surface area contributed by atoms with Crippen LogP contribution in [0.1, 0.15) is 19.3 Å². The third kappa shape index (κ3) is 4.04. The molecule has 2 N–H and O–H groups in total. The topological polar surface area (TPSA) is 41.5 Å². The van der Waals surface area contributed by atoms with E-state index in [4.69, 9.17) is 9.84 Å². The molecule has 0 amide bonds. The van der Waals surface area contributed by atoms with Crippen LogP contribution in [0.4, 0.5) is 0 Å². The van der Waals surface area contributed by atoms with E-state index in [1.165, 1.54) is 12.8 Å². The van der Waals surface area contributed by atoms with E-state index in [-0.39, 0.29) is 0 Å². The summed E-state index contributed by atoms with van der Waals surface area (Å²) in [5.74, 6) is 0.770. The highest BCUT2D eigenvalue weighted by atomic mass is 16.5. The predicted octanol–water partition coefficient (Wildman–Crippen LogP) is 0.385. The van der Waals surface area contributed by atoms with Gasteiger partial charge in [-0.3, -0.25) is 0 Å². The second-order valence-corrected chi connectivity index (χ2v) is 3.35. The molecule has 0 radical (unpaired) electrons. The van der Waals surface area contributed by atoms with Crippen molar-refractivity contribution in [3.8, 4) is 0 Å². The Hall–Kier alpha value is -0.120. The number of rotatable bonds is 6. The molecule has 1 fully saturated rings. The molecule has 0 aromatic rings. The zero-order valence-corrected chi connectivity index (χ0v) is 7.59. The summed E-state index contributed by atoms with van der Waals surface area (Å²) in [5.41, 5.74) is 0. The van der Waals surface area contributed by atoms with Gasteiger partial charge in [-0.15, -0.1) is 0 Å². The molecule has 1 aliphatic rings. The van der Waals surface area contributed by atoms with Crippen LogP contribution in [0.25, 0.3) is 0 Å². The van der Waals surface area contributed by atoms with E-state index in [9.17, 15) is 0 Å². The van der Waals surface area contributed by atoms with Gasteiger partial charge in [-0.1, -0.05) is 0 Å². The van der Waals surface area contributed by atoms with Crippen LogP contribution in [0, 0.1) is 5.92 Å². The van der Waals surface area contributed by atoms with Crippen LogP contribution < -0.4 is 5.32 Å². The molecule has 1 unspecified atom stereocenters. The van der Waals surface area contributed by atoms with Crippen LogP contribution >= 0.6 is 0 Å². The van der Waals surface area contributed by atoms with Gasteiger partial charge in [0, 0.05) is 19.8 Å². The largest absolute Gasteiger partial charge is 0.396 e. The molecule has 12 heavy (non-hydrogen) atoms. The van der Waals surface area contributed by atoms with Crippen molar-refractivity contribution in [3.63, 3.8) is 0 Å². The van der Waals surface area contributed by atoms with Crippen LogP contribution in [-0.4, -0.2) is 38.0 Å². The molecule has 0 spiro atoms. The minimum Gasteiger partial charge on any atom is -0.396 e. The average Bonchev–Trinajstić information content (AvgIpc) is 2.57. The minimum atomic E-state index is 0.291. The lowest BCUT2D eigenvalue weighted by Gasteiger charge is -2.07. The fourth-order valence-electron chi connectivity index (χ4n) is 1.45. The fraction of sp³-hybridized carbons (Fsp3) is 1.00. The monoisotopic (exact) mass is 173 g/mol. The maximum atomic E-state index is 8.52. The molecular weight excluding hydrogens is 154 g/mol. The highest BCUT2D eigenvalue weighted by Gasteiger charge is 2.14. The van der Waals surface area contributed by atoms with E-state index in [1.807, 2.05) is 0 Å². The summed E-state index contributed by atoms with van der Waals surface area (Å²) in [5, 5.41) is 11.8. The van der Waals surface area contributed by atoms with Gasteiger partial charge in [-0.25, -0.2) is 0 Å². The number of ether oxygens (including phenoxy) is 1. The minimum absolute atomic E-state index is 0.291. The van der Waals surface area contributed by atoms with Gasteiger partial charge in [0.2, 0.25) is 0 Å². The van der Waals surface area contributed by atoms with E-state index in [0.29, 0.717) is 6.61 Å². The molecule has 1 heterocycles.